The Balaban J connectivity index is 1.84. The first kappa shape index (κ1) is 15.2. The van der Waals surface area contributed by atoms with E-state index in [0.717, 1.165) is 50.2 Å². The second-order valence-corrected chi connectivity index (χ2v) is 7.25. The van der Waals surface area contributed by atoms with Crippen LogP contribution in [0.15, 0.2) is 42.0 Å². The Morgan fingerprint density at radius 1 is 0.962 bits per heavy atom. The molecule has 6 nitrogen and oxygen atoms in total. The monoisotopic (exact) mass is 360 g/mol. The summed E-state index contributed by atoms with van der Waals surface area (Å²) >= 11 is 1.63. The highest BCUT2D eigenvalue weighted by Crippen LogP contribution is 2.30. The predicted molar refractivity (Wildman–Crippen MR) is 103 cm³/mol. The molecular weight excluding hydrogens is 344 g/mol. The quantitative estimate of drug-likeness (QED) is 0.475. The molecule has 7 heteroatoms. The number of hydrogen-bond donors (Lipinski definition) is 0. The van der Waals surface area contributed by atoms with Gasteiger partial charge in [-0.2, -0.15) is 0 Å². The number of aryl methyl sites for hydroxylation is 2. The fourth-order valence-electron chi connectivity index (χ4n) is 3.30. The number of thiophene rings is 1. The maximum Gasteiger partial charge on any atom is 0.192 e. The van der Waals surface area contributed by atoms with Crippen LogP contribution in [0, 0.1) is 20.8 Å². The molecule has 26 heavy (non-hydrogen) atoms. The van der Waals surface area contributed by atoms with Gasteiger partial charge in [-0.3, -0.25) is 4.57 Å². The molecule has 5 rings (SSSR count). The van der Waals surface area contributed by atoms with E-state index in [4.69, 9.17) is 4.98 Å². The van der Waals surface area contributed by atoms with Crippen LogP contribution in [0.2, 0.25) is 0 Å². The Bertz CT molecular complexity index is 1260. The van der Waals surface area contributed by atoms with Crippen molar-refractivity contribution in [2.75, 3.05) is 0 Å². The van der Waals surface area contributed by atoms with Gasteiger partial charge in [-0.25, -0.2) is 19.5 Å². The van der Waals surface area contributed by atoms with Crippen LogP contribution in [0.3, 0.4) is 0 Å². The summed E-state index contributed by atoms with van der Waals surface area (Å²) in [7, 11) is 0. The van der Waals surface area contributed by atoms with Gasteiger partial charge in [0.1, 0.15) is 12.1 Å². The van der Waals surface area contributed by atoms with Crippen LogP contribution >= 0.6 is 11.3 Å². The summed E-state index contributed by atoms with van der Waals surface area (Å²) in [4.78, 5) is 15.2. The number of pyridine rings is 1. The van der Waals surface area contributed by atoms with Gasteiger partial charge >= 0.3 is 0 Å². The zero-order valence-electron chi connectivity index (χ0n) is 14.6. The highest BCUT2D eigenvalue weighted by atomic mass is 32.1. The standard InChI is InChI=1S/C19H16N6S/c1-11-6-4-8-15(21-11)25-13(3)12(2)16-18(25)20-10-24-19(16)22-17(23-24)14-7-5-9-26-14/h4-10H,1-3H3. The highest BCUT2D eigenvalue weighted by molar-refractivity contribution is 7.13. The van der Waals surface area contributed by atoms with Gasteiger partial charge in [0.2, 0.25) is 0 Å². The van der Waals surface area contributed by atoms with Crippen LogP contribution in [-0.2, 0) is 0 Å². The molecule has 5 aromatic heterocycles. The number of aromatic nitrogens is 6. The fraction of sp³-hybridized carbons (Fsp3) is 0.158. The first-order valence-electron chi connectivity index (χ1n) is 8.34. The molecule has 0 saturated carbocycles. The third-order valence-corrected chi connectivity index (χ3v) is 5.54. The van der Waals surface area contributed by atoms with Gasteiger partial charge in [0.25, 0.3) is 0 Å². The average molecular weight is 360 g/mol. The van der Waals surface area contributed by atoms with Crippen LogP contribution < -0.4 is 0 Å². The molecule has 5 heterocycles. The molecule has 0 radical (unpaired) electrons. The molecule has 0 N–H and O–H groups in total. The van der Waals surface area contributed by atoms with Gasteiger partial charge in [-0.1, -0.05) is 12.1 Å². The van der Waals surface area contributed by atoms with E-state index in [1.807, 2.05) is 42.6 Å². The number of fused-ring (bicyclic) bond motifs is 3. The first-order chi connectivity index (χ1) is 12.6. The first-order valence-corrected chi connectivity index (χ1v) is 9.22. The molecule has 0 aromatic carbocycles. The van der Waals surface area contributed by atoms with Crippen molar-refractivity contribution in [3.63, 3.8) is 0 Å². The second kappa shape index (κ2) is 5.47. The molecular formula is C19H16N6S. The van der Waals surface area contributed by atoms with Crippen molar-refractivity contribution >= 4 is 28.0 Å². The van der Waals surface area contributed by atoms with E-state index in [0.29, 0.717) is 0 Å². The van der Waals surface area contributed by atoms with Gasteiger partial charge in [0, 0.05) is 11.4 Å². The smallest absolute Gasteiger partial charge is 0.192 e. The van der Waals surface area contributed by atoms with Gasteiger partial charge in [-0.15, -0.1) is 16.4 Å². The van der Waals surface area contributed by atoms with Crippen LogP contribution in [0.1, 0.15) is 17.0 Å². The molecule has 5 aromatic rings. The normalized spacial score (nSPS) is 11.7. The summed E-state index contributed by atoms with van der Waals surface area (Å²) in [6.07, 6.45) is 1.73. The minimum Gasteiger partial charge on any atom is -0.282 e. The number of rotatable bonds is 2. The van der Waals surface area contributed by atoms with Gasteiger partial charge in [0.15, 0.2) is 17.1 Å². The molecule has 0 unspecified atom stereocenters. The molecule has 0 bridgehead atoms. The number of hydrogen-bond acceptors (Lipinski definition) is 5. The van der Waals surface area contributed by atoms with E-state index in [1.165, 1.54) is 0 Å². The van der Waals surface area contributed by atoms with Gasteiger partial charge < -0.3 is 0 Å². The highest BCUT2D eigenvalue weighted by Gasteiger charge is 2.20. The lowest BCUT2D eigenvalue weighted by Crippen LogP contribution is -2.02. The maximum atomic E-state index is 4.80. The van der Waals surface area contributed by atoms with Crippen molar-refractivity contribution < 1.29 is 0 Å². The van der Waals surface area contributed by atoms with Crippen molar-refractivity contribution in [1.82, 2.24) is 29.1 Å². The van der Waals surface area contributed by atoms with Crippen LogP contribution in [0.25, 0.3) is 33.2 Å². The van der Waals surface area contributed by atoms with Crippen molar-refractivity contribution in [2.24, 2.45) is 0 Å². The van der Waals surface area contributed by atoms with Crippen LogP contribution in [0.5, 0.6) is 0 Å². The van der Waals surface area contributed by atoms with Crippen LogP contribution in [-0.4, -0.2) is 29.1 Å². The molecule has 0 atom stereocenters. The minimum absolute atomic E-state index is 0.729. The molecule has 0 amide bonds. The van der Waals surface area contributed by atoms with E-state index in [2.05, 4.69) is 33.5 Å². The van der Waals surface area contributed by atoms with Crippen molar-refractivity contribution in [2.45, 2.75) is 20.8 Å². The summed E-state index contributed by atoms with van der Waals surface area (Å²) in [5, 5.41) is 7.65. The Kier molecular flexibility index (Phi) is 3.20. The SMILES string of the molecule is Cc1cccc(-n2c(C)c(C)c3c2ncn2nc(-c4cccs4)nc32)n1. The fourth-order valence-corrected chi connectivity index (χ4v) is 3.96. The third kappa shape index (κ3) is 2.10. The van der Waals surface area contributed by atoms with E-state index in [9.17, 15) is 0 Å². The van der Waals surface area contributed by atoms with Crippen molar-refractivity contribution in [1.29, 1.82) is 0 Å². The molecule has 128 valence electrons. The van der Waals surface area contributed by atoms with E-state index in [-0.39, 0.29) is 0 Å². The molecule has 0 saturated heterocycles. The number of nitrogens with zero attached hydrogens (tertiary/aromatic N) is 6. The Labute approximate surface area is 153 Å². The molecule has 0 aliphatic heterocycles. The lowest BCUT2D eigenvalue weighted by molar-refractivity contribution is 0.917. The average Bonchev–Trinajstić information content (AvgIpc) is 3.34. The zero-order chi connectivity index (χ0) is 17.8. The second-order valence-electron chi connectivity index (χ2n) is 6.31. The van der Waals surface area contributed by atoms with Crippen LogP contribution in [0.4, 0.5) is 0 Å². The Hall–Kier alpha value is -3.06. The van der Waals surface area contributed by atoms with Crippen molar-refractivity contribution in [3.05, 3.63) is 59.0 Å². The largest absolute Gasteiger partial charge is 0.282 e. The summed E-state index contributed by atoms with van der Waals surface area (Å²) < 4.78 is 3.86. The topological polar surface area (TPSA) is 60.9 Å². The Morgan fingerprint density at radius 2 is 1.85 bits per heavy atom. The summed E-state index contributed by atoms with van der Waals surface area (Å²) in [5.41, 5.74) is 4.91. The van der Waals surface area contributed by atoms with Gasteiger partial charge in [-0.05, 0) is 49.9 Å². The molecule has 0 aliphatic carbocycles. The predicted octanol–water partition coefficient (Wildman–Crippen LogP) is 4.12. The lowest BCUT2D eigenvalue weighted by Gasteiger charge is -2.07. The molecule has 0 fully saturated rings. The van der Waals surface area contributed by atoms with E-state index < -0.39 is 0 Å². The third-order valence-electron chi connectivity index (χ3n) is 4.68. The summed E-state index contributed by atoms with van der Waals surface area (Å²) in [6.45, 7) is 6.19. The van der Waals surface area contributed by atoms with E-state index in [1.54, 1.807) is 22.2 Å². The van der Waals surface area contributed by atoms with Crippen molar-refractivity contribution in [3.8, 4) is 16.5 Å². The maximum absolute atomic E-state index is 4.80. The minimum atomic E-state index is 0.729. The van der Waals surface area contributed by atoms with E-state index >= 15 is 0 Å². The zero-order valence-corrected chi connectivity index (χ0v) is 15.4. The molecule has 0 spiro atoms. The summed E-state index contributed by atoms with van der Waals surface area (Å²) in [5.74, 6) is 1.60. The Morgan fingerprint density at radius 3 is 2.62 bits per heavy atom. The van der Waals surface area contributed by atoms with Gasteiger partial charge in [0.05, 0.1) is 10.3 Å². The lowest BCUT2D eigenvalue weighted by atomic mass is 10.2. The molecule has 0 aliphatic rings. The summed E-state index contributed by atoms with van der Waals surface area (Å²) in [6, 6.07) is 10.1.